The van der Waals surface area contributed by atoms with E-state index in [1.807, 2.05) is 13.8 Å². The molecule has 2 aromatic heterocycles. The predicted molar refractivity (Wildman–Crippen MR) is 55.5 cm³/mol. The van der Waals surface area contributed by atoms with Crippen molar-refractivity contribution < 1.29 is 0 Å². The van der Waals surface area contributed by atoms with Crippen LogP contribution in [0.4, 0.5) is 0 Å². The lowest BCUT2D eigenvalue weighted by Crippen LogP contribution is -2.09. The van der Waals surface area contributed by atoms with Gasteiger partial charge in [0.1, 0.15) is 0 Å². The average molecular weight is 210 g/mol. The molecule has 2 N–H and O–H groups in total. The summed E-state index contributed by atoms with van der Waals surface area (Å²) in [6.07, 6.45) is 1.47. The first-order chi connectivity index (χ1) is 6.66. The lowest BCUT2D eigenvalue weighted by Gasteiger charge is -2.02. The Kier molecular flexibility index (Phi) is 2.28. The second kappa shape index (κ2) is 3.45. The highest BCUT2D eigenvalue weighted by Crippen LogP contribution is 2.17. The van der Waals surface area contributed by atoms with E-state index in [9.17, 15) is 4.79 Å². The number of thioether (sulfide) groups is 1. The van der Waals surface area contributed by atoms with Gasteiger partial charge in [0.05, 0.1) is 6.33 Å². The van der Waals surface area contributed by atoms with Crippen LogP contribution < -0.4 is 5.56 Å². The van der Waals surface area contributed by atoms with Gasteiger partial charge in [0.2, 0.25) is 0 Å². The molecule has 5 nitrogen and oxygen atoms in total. The van der Waals surface area contributed by atoms with Crippen LogP contribution in [0.3, 0.4) is 0 Å². The Labute approximate surface area is 84.4 Å². The summed E-state index contributed by atoms with van der Waals surface area (Å²) in [5.41, 5.74) is 0.727. The Hall–Kier alpha value is -1.30. The van der Waals surface area contributed by atoms with Crippen molar-refractivity contribution in [2.75, 3.05) is 0 Å². The van der Waals surface area contributed by atoms with Crippen molar-refractivity contribution in [1.29, 1.82) is 0 Å². The van der Waals surface area contributed by atoms with Crippen molar-refractivity contribution in [3.8, 4) is 0 Å². The van der Waals surface area contributed by atoms with E-state index in [4.69, 9.17) is 0 Å². The Bertz CT molecular complexity index is 501. The molecule has 0 fully saturated rings. The zero-order chi connectivity index (χ0) is 10.1. The van der Waals surface area contributed by atoms with E-state index in [0.717, 1.165) is 0 Å². The third-order valence-corrected chi connectivity index (χ3v) is 2.51. The molecule has 0 saturated heterocycles. The number of aromatic amines is 2. The molecule has 0 atom stereocenters. The number of hydrogen-bond donors (Lipinski definition) is 2. The molecule has 0 aromatic carbocycles. The second-order valence-corrected chi connectivity index (χ2v) is 4.70. The molecule has 14 heavy (non-hydrogen) atoms. The Morgan fingerprint density at radius 2 is 2.29 bits per heavy atom. The molecular formula is C8H10N4OS. The molecule has 2 aromatic rings. The van der Waals surface area contributed by atoms with Crippen LogP contribution in [-0.2, 0) is 0 Å². The Morgan fingerprint density at radius 1 is 1.50 bits per heavy atom. The summed E-state index contributed by atoms with van der Waals surface area (Å²) in [7, 11) is 0. The van der Waals surface area contributed by atoms with Gasteiger partial charge in [-0.1, -0.05) is 25.6 Å². The number of fused-ring (bicyclic) bond motifs is 1. The van der Waals surface area contributed by atoms with E-state index < -0.39 is 0 Å². The number of rotatable bonds is 2. The first-order valence-corrected chi connectivity index (χ1v) is 5.15. The van der Waals surface area contributed by atoms with Gasteiger partial charge in [-0.15, -0.1) is 0 Å². The maximum Gasteiger partial charge on any atom is 0.277 e. The monoisotopic (exact) mass is 210 g/mol. The van der Waals surface area contributed by atoms with Crippen LogP contribution in [0.15, 0.2) is 16.3 Å². The van der Waals surface area contributed by atoms with Crippen molar-refractivity contribution in [2.45, 2.75) is 24.3 Å². The smallest absolute Gasteiger partial charge is 0.277 e. The number of nitrogens with one attached hydrogen (secondary N) is 2. The van der Waals surface area contributed by atoms with Gasteiger partial charge in [-0.05, 0) is 0 Å². The molecule has 0 aliphatic rings. The summed E-state index contributed by atoms with van der Waals surface area (Å²) >= 11 is 1.51. The Balaban J connectivity index is 2.53. The zero-order valence-electron chi connectivity index (χ0n) is 7.87. The highest BCUT2D eigenvalue weighted by molar-refractivity contribution is 7.99. The highest BCUT2D eigenvalue weighted by atomic mass is 32.2. The summed E-state index contributed by atoms with van der Waals surface area (Å²) in [4.78, 5) is 25.0. The molecule has 0 aliphatic carbocycles. The predicted octanol–water partition coefficient (Wildman–Crippen LogP) is 1.15. The minimum atomic E-state index is -0.171. The summed E-state index contributed by atoms with van der Waals surface area (Å²) < 4.78 is 0. The molecule has 0 spiro atoms. The van der Waals surface area contributed by atoms with Crippen LogP contribution in [0, 0.1) is 0 Å². The van der Waals surface area contributed by atoms with E-state index in [1.165, 1.54) is 18.1 Å². The molecule has 0 radical (unpaired) electrons. The second-order valence-electron chi connectivity index (χ2n) is 3.14. The molecule has 0 saturated carbocycles. The van der Waals surface area contributed by atoms with Gasteiger partial charge >= 0.3 is 0 Å². The number of hydrogen-bond acceptors (Lipinski definition) is 4. The van der Waals surface area contributed by atoms with Crippen molar-refractivity contribution in [2.24, 2.45) is 0 Å². The van der Waals surface area contributed by atoms with Gasteiger partial charge in [0.15, 0.2) is 16.3 Å². The van der Waals surface area contributed by atoms with Gasteiger partial charge in [-0.3, -0.25) is 9.78 Å². The molecule has 2 heterocycles. The third kappa shape index (κ3) is 1.65. The molecule has 0 amide bonds. The molecule has 0 aliphatic heterocycles. The van der Waals surface area contributed by atoms with Crippen LogP contribution in [0.1, 0.15) is 13.8 Å². The van der Waals surface area contributed by atoms with Gasteiger partial charge in [0, 0.05) is 5.25 Å². The number of aromatic nitrogens is 4. The van der Waals surface area contributed by atoms with Crippen molar-refractivity contribution >= 4 is 22.9 Å². The molecular weight excluding hydrogens is 200 g/mol. The van der Waals surface area contributed by atoms with E-state index in [2.05, 4.69) is 19.9 Å². The van der Waals surface area contributed by atoms with E-state index in [0.29, 0.717) is 21.6 Å². The number of nitrogens with zero attached hydrogens (tertiary/aromatic N) is 2. The SMILES string of the molecule is CC(C)Sc1nc2nc[nH]c2c(=O)[nH]1. The van der Waals surface area contributed by atoms with Gasteiger partial charge < -0.3 is 4.98 Å². The lowest BCUT2D eigenvalue weighted by molar-refractivity contribution is 0.952. The fraction of sp³-hybridized carbons (Fsp3) is 0.375. The molecule has 74 valence electrons. The number of imidazole rings is 1. The van der Waals surface area contributed by atoms with E-state index in [-0.39, 0.29) is 5.56 Å². The average Bonchev–Trinajstić information content (AvgIpc) is 2.50. The van der Waals surface area contributed by atoms with Crippen LogP contribution in [-0.4, -0.2) is 25.2 Å². The lowest BCUT2D eigenvalue weighted by atomic mass is 10.5. The van der Waals surface area contributed by atoms with Crippen LogP contribution in [0.25, 0.3) is 11.2 Å². The minimum Gasteiger partial charge on any atom is -0.339 e. The largest absolute Gasteiger partial charge is 0.339 e. The van der Waals surface area contributed by atoms with Crippen LogP contribution in [0.5, 0.6) is 0 Å². The summed E-state index contributed by atoms with van der Waals surface area (Å²) in [5.74, 6) is 0. The van der Waals surface area contributed by atoms with Gasteiger partial charge in [-0.2, -0.15) is 0 Å². The minimum absolute atomic E-state index is 0.171. The van der Waals surface area contributed by atoms with E-state index in [1.54, 1.807) is 0 Å². The molecule has 0 unspecified atom stereocenters. The topological polar surface area (TPSA) is 74.4 Å². The summed E-state index contributed by atoms with van der Waals surface area (Å²) in [6, 6.07) is 0. The number of H-pyrrole nitrogens is 2. The van der Waals surface area contributed by atoms with Crippen molar-refractivity contribution in [3.05, 3.63) is 16.7 Å². The van der Waals surface area contributed by atoms with E-state index >= 15 is 0 Å². The third-order valence-electron chi connectivity index (χ3n) is 1.62. The Morgan fingerprint density at radius 3 is 3.00 bits per heavy atom. The first-order valence-electron chi connectivity index (χ1n) is 4.27. The van der Waals surface area contributed by atoms with Crippen LogP contribution in [0.2, 0.25) is 0 Å². The van der Waals surface area contributed by atoms with Crippen LogP contribution >= 0.6 is 11.8 Å². The maximum atomic E-state index is 11.5. The maximum absolute atomic E-state index is 11.5. The highest BCUT2D eigenvalue weighted by Gasteiger charge is 2.07. The van der Waals surface area contributed by atoms with Crippen molar-refractivity contribution in [3.63, 3.8) is 0 Å². The fourth-order valence-corrected chi connectivity index (χ4v) is 1.84. The quantitative estimate of drug-likeness (QED) is 0.576. The standard InChI is InChI=1S/C8H10N4OS/c1-4(2)14-8-11-6-5(7(13)12-8)9-3-10-6/h3-4H,1-2H3,(H2,9,10,11,12,13). The molecule has 0 bridgehead atoms. The molecule has 2 rings (SSSR count). The van der Waals surface area contributed by atoms with Gasteiger partial charge in [-0.25, -0.2) is 9.97 Å². The normalized spacial score (nSPS) is 11.4. The summed E-state index contributed by atoms with van der Waals surface area (Å²) in [6.45, 7) is 4.08. The van der Waals surface area contributed by atoms with Gasteiger partial charge in [0.25, 0.3) is 5.56 Å². The molecule has 6 heteroatoms. The summed E-state index contributed by atoms with van der Waals surface area (Å²) in [5, 5.41) is 0.999. The zero-order valence-corrected chi connectivity index (χ0v) is 8.68. The first kappa shape index (κ1) is 9.26. The van der Waals surface area contributed by atoms with Crippen molar-refractivity contribution in [1.82, 2.24) is 19.9 Å². The fourth-order valence-electron chi connectivity index (χ4n) is 1.10.